The summed E-state index contributed by atoms with van der Waals surface area (Å²) in [4.78, 5) is 30.4. The van der Waals surface area contributed by atoms with Gasteiger partial charge in [0.25, 0.3) is 0 Å². The van der Waals surface area contributed by atoms with Crippen molar-refractivity contribution in [2.45, 2.75) is 44.8 Å². The van der Waals surface area contributed by atoms with Gasteiger partial charge in [-0.3, -0.25) is 19.4 Å². The van der Waals surface area contributed by atoms with E-state index < -0.39 is 0 Å². The highest BCUT2D eigenvalue weighted by Gasteiger charge is 2.40. The minimum absolute atomic E-state index is 0.000266. The van der Waals surface area contributed by atoms with Gasteiger partial charge in [-0.2, -0.15) is 0 Å². The van der Waals surface area contributed by atoms with Gasteiger partial charge in [-0.15, -0.1) is 0 Å². The summed E-state index contributed by atoms with van der Waals surface area (Å²) in [6, 6.07) is 0.0525. The van der Waals surface area contributed by atoms with E-state index in [1.807, 2.05) is 13.8 Å². The quantitative estimate of drug-likeness (QED) is 0.709. The molecule has 2 rings (SSSR count). The smallest absolute Gasteiger partial charge is 0.247 e. The maximum Gasteiger partial charge on any atom is 0.247 e. The van der Waals surface area contributed by atoms with Crippen LogP contribution in [0, 0.1) is 0 Å². The molecule has 6 nitrogen and oxygen atoms in total. The molecule has 0 aromatic rings. The lowest BCUT2D eigenvalue weighted by atomic mass is 10.1. The van der Waals surface area contributed by atoms with Crippen LogP contribution in [0.25, 0.3) is 0 Å². The maximum atomic E-state index is 12.4. The van der Waals surface area contributed by atoms with Gasteiger partial charge in [-0.1, -0.05) is 6.92 Å². The van der Waals surface area contributed by atoms with Gasteiger partial charge in [0.15, 0.2) is 0 Å². The Morgan fingerprint density at radius 1 is 1.29 bits per heavy atom. The molecule has 0 saturated carbocycles. The van der Waals surface area contributed by atoms with Gasteiger partial charge in [-0.05, 0) is 27.4 Å². The highest BCUT2D eigenvalue weighted by atomic mass is 16.2. The summed E-state index contributed by atoms with van der Waals surface area (Å²) in [6.45, 7) is 7.79. The first-order valence-corrected chi connectivity index (χ1v) is 7.92. The first-order chi connectivity index (χ1) is 9.93. The number of nitrogens with one attached hydrogen (secondary N) is 1. The molecule has 2 heterocycles. The van der Waals surface area contributed by atoms with Crippen LogP contribution >= 0.6 is 0 Å². The minimum atomic E-state index is -0.341. The standard InChI is InChI=1S/C15H28N4O2/c1-5-11(2)19-14(20)8-13(15(19)21)16-9-12-10-17(3)6-7-18(12)4/h11-13,16H,5-10H2,1-4H3. The molecule has 0 radical (unpaired) electrons. The van der Waals surface area contributed by atoms with E-state index >= 15 is 0 Å². The number of carbonyl (C=O) groups excluding carboxylic acids is 2. The number of carbonyl (C=O) groups is 2. The molecule has 1 N–H and O–H groups in total. The highest BCUT2D eigenvalue weighted by molar-refractivity contribution is 6.05. The number of rotatable bonds is 5. The predicted molar refractivity (Wildman–Crippen MR) is 81.9 cm³/mol. The van der Waals surface area contributed by atoms with Crippen molar-refractivity contribution >= 4 is 11.8 Å². The van der Waals surface area contributed by atoms with Gasteiger partial charge < -0.3 is 10.2 Å². The number of likely N-dealkylation sites (tertiary alicyclic amines) is 1. The zero-order valence-electron chi connectivity index (χ0n) is 13.6. The van der Waals surface area contributed by atoms with Crippen molar-refractivity contribution in [1.29, 1.82) is 0 Å². The van der Waals surface area contributed by atoms with Crippen molar-refractivity contribution in [1.82, 2.24) is 20.0 Å². The molecule has 3 unspecified atom stereocenters. The monoisotopic (exact) mass is 296 g/mol. The Balaban J connectivity index is 1.89. The lowest BCUT2D eigenvalue weighted by Crippen LogP contribution is -2.55. The van der Waals surface area contributed by atoms with Crippen molar-refractivity contribution in [3.63, 3.8) is 0 Å². The van der Waals surface area contributed by atoms with Crippen LogP contribution < -0.4 is 5.32 Å². The molecule has 0 spiro atoms. The molecule has 6 heteroatoms. The lowest BCUT2D eigenvalue weighted by Gasteiger charge is -2.38. The fourth-order valence-corrected chi connectivity index (χ4v) is 3.06. The van der Waals surface area contributed by atoms with Crippen LogP contribution in [-0.4, -0.2) is 84.9 Å². The molecule has 3 atom stereocenters. The van der Waals surface area contributed by atoms with E-state index in [9.17, 15) is 9.59 Å². The summed E-state index contributed by atoms with van der Waals surface area (Å²) in [5, 5.41) is 3.31. The Hall–Kier alpha value is -0.980. The van der Waals surface area contributed by atoms with Crippen molar-refractivity contribution in [2.24, 2.45) is 0 Å². The molecule has 2 fully saturated rings. The average molecular weight is 296 g/mol. The number of imide groups is 1. The maximum absolute atomic E-state index is 12.4. The molecule has 0 aromatic heterocycles. The Kier molecular flexibility index (Phi) is 5.35. The summed E-state index contributed by atoms with van der Waals surface area (Å²) in [7, 11) is 4.24. The van der Waals surface area contributed by atoms with Crippen molar-refractivity contribution in [2.75, 3.05) is 40.3 Å². The third kappa shape index (κ3) is 3.62. The molecular formula is C15H28N4O2. The fourth-order valence-electron chi connectivity index (χ4n) is 3.06. The van der Waals surface area contributed by atoms with Gasteiger partial charge in [0, 0.05) is 38.3 Å². The largest absolute Gasteiger partial charge is 0.304 e. The first-order valence-electron chi connectivity index (χ1n) is 7.92. The SMILES string of the molecule is CCC(C)N1C(=O)CC(NCC2CN(C)CCN2C)C1=O. The molecule has 0 bridgehead atoms. The number of nitrogens with zero attached hydrogens (tertiary/aromatic N) is 3. The van der Waals surface area contributed by atoms with Crippen LogP contribution in [0.2, 0.25) is 0 Å². The zero-order valence-corrected chi connectivity index (χ0v) is 13.6. The van der Waals surface area contributed by atoms with E-state index in [1.165, 1.54) is 4.90 Å². The summed E-state index contributed by atoms with van der Waals surface area (Å²) in [5.41, 5.74) is 0. The summed E-state index contributed by atoms with van der Waals surface area (Å²) < 4.78 is 0. The van der Waals surface area contributed by atoms with Crippen LogP contribution in [0.4, 0.5) is 0 Å². The van der Waals surface area contributed by atoms with Crippen LogP contribution in [0.1, 0.15) is 26.7 Å². The first kappa shape index (κ1) is 16.4. The van der Waals surface area contributed by atoms with Crippen molar-refractivity contribution < 1.29 is 9.59 Å². The Labute approximate surface area is 127 Å². The van der Waals surface area contributed by atoms with Gasteiger partial charge >= 0.3 is 0 Å². The van der Waals surface area contributed by atoms with E-state index in [0.29, 0.717) is 12.5 Å². The minimum Gasteiger partial charge on any atom is -0.304 e. The molecule has 21 heavy (non-hydrogen) atoms. The average Bonchev–Trinajstić information content (AvgIpc) is 2.73. The van der Waals surface area contributed by atoms with Crippen LogP contribution in [0.5, 0.6) is 0 Å². The molecule has 2 amide bonds. The van der Waals surface area contributed by atoms with Crippen LogP contribution in [0.15, 0.2) is 0 Å². The van der Waals surface area contributed by atoms with E-state index in [4.69, 9.17) is 0 Å². The van der Waals surface area contributed by atoms with Crippen molar-refractivity contribution in [3.05, 3.63) is 0 Å². The molecule has 0 aromatic carbocycles. The van der Waals surface area contributed by atoms with E-state index in [0.717, 1.165) is 32.6 Å². The fraction of sp³-hybridized carbons (Fsp3) is 0.867. The Bertz CT molecular complexity index is 401. The van der Waals surface area contributed by atoms with E-state index in [-0.39, 0.29) is 23.9 Å². The molecule has 2 saturated heterocycles. The van der Waals surface area contributed by atoms with Gasteiger partial charge in [-0.25, -0.2) is 0 Å². The van der Waals surface area contributed by atoms with Crippen LogP contribution in [-0.2, 0) is 9.59 Å². The van der Waals surface area contributed by atoms with E-state index in [2.05, 4.69) is 29.2 Å². The number of hydrogen-bond acceptors (Lipinski definition) is 5. The Morgan fingerprint density at radius 3 is 2.67 bits per heavy atom. The summed E-state index contributed by atoms with van der Waals surface area (Å²) >= 11 is 0. The number of likely N-dealkylation sites (N-methyl/N-ethyl adjacent to an activating group) is 2. The lowest BCUT2D eigenvalue weighted by molar-refractivity contribution is -0.141. The van der Waals surface area contributed by atoms with Gasteiger partial charge in [0.05, 0.1) is 12.5 Å². The number of amides is 2. The normalized spacial score (nSPS) is 30.2. The van der Waals surface area contributed by atoms with Crippen LogP contribution in [0.3, 0.4) is 0 Å². The molecule has 120 valence electrons. The van der Waals surface area contributed by atoms with Gasteiger partial charge in [0.2, 0.25) is 11.8 Å². The third-order valence-corrected chi connectivity index (χ3v) is 4.79. The molecule has 0 aliphatic carbocycles. The highest BCUT2D eigenvalue weighted by Crippen LogP contribution is 2.18. The third-order valence-electron chi connectivity index (χ3n) is 4.79. The second-order valence-corrected chi connectivity index (χ2v) is 6.42. The zero-order chi connectivity index (χ0) is 15.6. The number of piperazine rings is 1. The number of hydrogen-bond donors (Lipinski definition) is 1. The topological polar surface area (TPSA) is 55.9 Å². The summed E-state index contributed by atoms with van der Waals surface area (Å²) in [5.74, 6) is -0.0952. The Morgan fingerprint density at radius 2 is 2.00 bits per heavy atom. The predicted octanol–water partition coefficient (Wildman–Crippen LogP) is -0.252. The summed E-state index contributed by atoms with van der Waals surface area (Å²) in [6.07, 6.45) is 1.11. The van der Waals surface area contributed by atoms with E-state index in [1.54, 1.807) is 0 Å². The molecule has 2 aliphatic rings. The molecular weight excluding hydrogens is 268 g/mol. The molecule has 2 aliphatic heterocycles. The second-order valence-electron chi connectivity index (χ2n) is 6.42. The van der Waals surface area contributed by atoms with Gasteiger partial charge in [0.1, 0.15) is 0 Å². The second kappa shape index (κ2) is 6.85. The van der Waals surface area contributed by atoms with Crippen molar-refractivity contribution in [3.8, 4) is 0 Å².